The second-order valence-electron chi connectivity index (χ2n) is 6.36. The number of piperazine rings is 1. The fourth-order valence-electron chi connectivity index (χ4n) is 3.36. The lowest BCUT2D eigenvalue weighted by atomic mass is 10.1. The monoisotopic (exact) mass is 375 g/mol. The molecule has 3 rings (SSSR count). The molecule has 1 atom stereocenters. The Morgan fingerprint density at radius 1 is 1.11 bits per heavy atom. The lowest BCUT2D eigenvalue weighted by Gasteiger charge is -2.36. The molecule has 0 aliphatic carbocycles. The Bertz CT molecular complexity index is 755. The molecular weight excluding hydrogens is 354 g/mol. The quantitative estimate of drug-likeness (QED) is 0.775. The first-order chi connectivity index (χ1) is 12.9. The van der Waals surface area contributed by atoms with E-state index in [0.717, 1.165) is 4.90 Å². The Morgan fingerprint density at radius 3 is 2.30 bits per heavy atom. The fraction of sp³-hybridized carbons (Fsp3) is 0.444. The Hall–Kier alpha value is -2.94. The van der Waals surface area contributed by atoms with Gasteiger partial charge in [0.05, 0.1) is 30.3 Å². The molecule has 2 heterocycles. The molecule has 0 unspecified atom stereocenters. The van der Waals surface area contributed by atoms with Gasteiger partial charge in [0.15, 0.2) is 0 Å². The van der Waals surface area contributed by atoms with Crippen molar-refractivity contribution in [1.82, 2.24) is 9.80 Å². The third kappa shape index (κ3) is 3.77. The van der Waals surface area contributed by atoms with Crippen LogP contribution in [-0.2, 0) is 14.3 Å². The van der Waals surface area contributed by atoms with Gasteiger partial charge in [0.2, 0.25) is 5.91 Å². The highest BCUT2D eigenvalue weighted by molar-refractivity contribution is 6.22. The van der Waals surface area contributed by atoms with Crippen molar-refractivity contribution in [3.05, 3.63) is 29.8 Å². The van der Waals surface area contributed by atoms with Crippen LogP contribution in [-0.4, -0.2) is 77.6 Å². The number of benzene rings is 1. The maximum absolute atomic E-state index is 12.8. The van der Waals surface area contributed by atoms with Gasteiger partial charge in [-0.3, -0.25) is 14.5 Å². The van der Waals surface area contributed by atoms with Gasteiger partial charge in [-0.2, -0.15) is 0 Å². The van der Waals surface area contributed by atoms with Crippen LogP contribution in [0.1, 0.15) is 23.7 Å². The van der Waals surface area contributed by atoms with Gasteiger partial charge in [0.25, 0.3) is 5.91 Å². The summed E-state index contributed by atoms with van der Waals surface area (Å²) in [6.07, 6.45) is -0.301. The number of aromatic carboxylic acids is 1. The number of amides is 3. The molecule has 2 fully saturated rings. The van der Waals surface area contributed by atoms with Crippen molar-refractivity contribution in [2.24, 2.45) is 0 Å². The summed E-state index contributed by atoms with van der Waals surface area (Å²) in [5.74, 6) is -1.72. The first kappa shape index (κ1) is 18.8. The number of imide groups is 1. The van der Waals surface area contributed by atoms with E-state index >= 15 is 0 Å². The molecule has 0 spiro atoms. The van der Waals surface area contributed by atoms with E-state index in [1.54, 1.807) is 11.8 Å². The highest BCUT2D eigenvalue weighted by Gasteiger charge is 2.43. The van der Waals surface area contributed by atoms with Gasteiger partial charge in [-0.05, 0) is 31.2 Å². The van der Waals surface area contributed by atoms with Gasteiger partial charge < -0.3 is 14.7 Å². The van der Waals surface area contributed by atoms with E-state index in [0.29, 0.717) is 38.5 Å². The zero-order valence-corrected chi connectivity index (χ0v) is 15.0. The largest absolute Gasteiger partial charge is 0.478 e. The van der Waals surface area contributed by atoms with E-state index in [-0.39, 0.29) is 29.9 Å². The molecule has 0 aromatic heterocycles. The molecule has 0 saturated carbocycles. The van der Waals surface area contributed by atoms with E-state index in [1.807, 2.05) is 4.90 Å². The van der Waals surface area contributed by atoms with Crippen LogP contribution in [0, 0.1) is 0 Å². The minimum Gasteiger partial charge on any atom is -0.478 e. The highest BCUT2D eigenvalue weighted by atomic mass is 16.6. The molecule has 1 aromatic carbocycles. The van der Waals surface area contributed by atoms with Gasteiger partial charge in [-0.15, -0.1) is 0 Å². The lowest BCUT2D eigenvalue weighted by Crippen LogP contribution is -2.54. The van der Waals surface area contributed by atoms with E-state index in [2.05, 4.69) is 0 Å². The second kappa shape index (κ2) is 7.75. The van der Waals surface area contributed by atoms with Crippen LogP contribution >= 0.6 is 0 Å². The number of hydrogen-bond donors (Lipinski definition) is 1. The number of nitrogens with zero attached hydrogens (tertiary/aromatic N) is 3. The first-order valence-corrected chi connectivity index (χ1v) is 8.78. The normalized spacial score (nSPS) is 20.9. The Labute approximate surface area is 156 Å². The maximum atomic E-state index is 12.8. The number of carboxylic acids is 1. The lowest BCUT2D eigenvalue weighted by molar-refractivity contribution is -0.123. The van der Waals surface area contributed by atoms with Crippen molar-refractivity contribution in [2.45, 2.75) is 19.4 Å². The van der Waals surface area contributed by atoms with Crippen molar-refractivity contribution in [3.63, 3.8) is 0 Å². The van der Waals surface area contributed by atoms with E-state index in [4.69, 9.17) is 9.84 Å². The van der Waals surface area contributed by atoms with Crippen LogP contribution in [0.15, 0.2) is 24.3 Å². The number of ether oxygens (including phenoxy) is 1. The third-order valence-electron chi connectivity index (χ3n) is 4.78. The second-order valence-corrected chi connectivity index (χ2v) is 6.36. The van der Waals surface area contributed by atoms with Crippen molar-refractivity contribution in [3.8, 4) is 0 Å². The molecule has 9 heteroatoms. The van der Waals surface area contributed by atoms with Gasteiger partial charge in [-0.25, -0.2) is 14.5 Å². The SMILES string of the molecule is CCOC(=O)N1CCN([C@H]2CC(=O)N(c3ccc(C(=O)O)cc3)C2=O)CC1. The van der Waals surface area contributed by atoms with E-state index < -0.39 is 12.0 Å². The summed E-state index contributed by atoms with van der Waals surface area (Å²) in [5, 5.41) is 8.96. The smallest absolute Gasteiger partial charge is 0.409 e. The van der Waals surface area contributed by atoms with E-state index in [1.165, 1.54) is 24.3 Å². The molecule has 1 N–H and O–H groups in total. The van der Waals surface area contributed by atoms with Crippen LogP contribution < -0.4 is 4.90 Å². The number of hydrogen-bond acceptors (Lipinski definition) is 6. The number of carboxylic acid groups (broad SMARTS) is 1. The Balaban J connectivity index is 1.66. The number of anilines is 1. The average Bonchev–Trinajstić information content (AvgIpc) is 2.96. The molecule has 0 bridgehead atoms. The summed E-state index contributed by atoms with van der Waals surface area (Å²) in [6, 6.07) is 5.08. The molecule has 144 valence electrons. The molecule has 9 nitrogen and oxygen atoms in total. The van der Waals surface area contributed by atoms with Gasteiger partial charge >= 0.3 is 12.1 Å². The standard InChI is InChI=1S/C18H21N3O6/c1-2-27-18(26)20-9-7-19(8-10-20)14-11-15(22)21(16(14)23)13-5-3-12(4-6-13)17(24)25/h3-6,14H,2,7-11H2,1H3,(H,24,25)/t14-/m0/s1. The van der Waals surface area contributed by atoms with Crippen LogP contribution in [0.5, 0.6) is 0 Å². The van der Waals surface area contributed by atoms with Crippen molar-refractivity contribution >= 4 is 29.6 Å². The molecule has 3 amide bonds. The third-order valence-corrected chi connectivity index (χ3v) is 4.78. The van der Waals surface area contributed by atoms with Gasteiger partial charge in [0.1, 0.15) is 0 Å². The summed E-state index contributed by atoms with van der Waals surface area (Å²) in [4.78, 5) is 52.5. The fourth-order valence-corrected chi connectivity index (χ4v) is 3.36. The summed E-state index contributed by atoms with van der Waals surface area (Å²) in [5.41, 5.74) is 0.451. The zero-order chi connectivity index (χ0) is 19.6. The molecule has 27 heavy (non-hydrogen) atoms. The Kier molecular flexibility index (Phi) is 5.41. The van der Waals surface area contributed by atoms with Gasteiger partial charge in [0, 0.05) is 26.2 Å². The summed E-state index contributed by atoms with van der Waals surface area (Å²) in [7, 11) is 0. The van der Waals surface area contributed by atoms with Gasteiger partial charge in [-0.1, -0.05) is 0 Å². The van der Waals surface area contributed by atoms with Crippen molar-refractivity contribution in [1.29, 1.82) is 0 Å². The topological polar surface area (TPSA) is 107 Å². The number of rotatable bonds is 4. The number of carbonyl (C=O) groups is 4. The number of carbonyl (C=O) groups excluding carboxylic acids is 3. The van der Waals surface area contributed by atoms with Crippen LogP contribution in [0.25, 0.3) is 0 Å². The van der Waals surface area contributed by atoms with Crippen LogP contribution in [0.2, 0.25) is 0 Å². The van der Waals surface area contributed by atoms with Crippen LogP contribution in [0.3, 0.4) is 0 Å². The van der Waals surface area contributed by atoms with Crippen molar-refractivity contribution in [2.75, 3.05) is 37.7 Å². The minimum atomic E-state index is -1.07. The molecule has 0 radical (unpaired) electrons. The Morgan fingerprint density at radius 2 is 1.74 bits per heavy atom. The summed E-state index contributed by atoms with van der Waals surface area (Å²) in [6.45, 7) is 3.88. The van der Waals surface area contributed by atoms with Crippen LogP contribution in [0.4, 0.5) is 10.5 Å². The molecule has 2 aliphatic rings. The molecule has 2 saturated heterocycles. The predicted molar refractivity (Wildman–Crippen MR) is 94.5 cm³/mol. The predicted octanol–water partition coefficient (Wildman–Crippen LogP) is 0.791. The molecule has 2 aliphatic heterocycles. The molecular formula is C18H21N3O6. The van der Waals surface area contributed by atoms with E-state index in [9.17, 15) is 19.2 Å². The molecule has 1 aromatic rings. The zero-order valence-electron chi connectivity index (χ0n) is 15.0. The summed E-state index contributed by atoms with van der Waals surface area (Å²) < 4.78 is 4.98. The van der Waals surface area contributed by atoms with Crippen molar-refractivity contribution < 1.29 is 29.0 Å². The summed E-state index contributed by atoms with van der Waals surface area (Å²) >= 11 is 0. The maximum Gasteiger partial charge on any atom is 0.409 e. The average molecular weight is 375 g/mol. The first-order valence-electron chi connectivity index (χ1n) is 8.78. The highest BCUT2D eigenvalue weighted by Crippen LogP contribution is 2.26. The minimum absolute atomic E-state index is 0.0684.